The maximum absolute atomic E-state index is 12.2. The Balaban J connectivity index is 1.56. The summed E-state index contributed by atoms with van der Waals surface area (Å²) >= 11 is 0. The van der Waals surface area contributed by atoms with E-state index in [1.54, 1.807) is 12.1 Å². The molecule has 0 bridgehead atoms. The van der Waals surface area contributed by atoms with Gasteiger partial charge in [0.25, 0.3) is 5.91 Å². The van der Waals surface area contributed by atoms with Crippen molar-refractivity contribution in [3.05, 3.63) is 29.3 Å². The van der Waals surface area contributed by atoms with Gasteiger partial charge in [0.1, 0.15) is 0 Å². The predicted molar refractivity (Wildman–Crippen MR) is 81.4 cm³/mol. The molecule has 1 aliphatic carbocycles. The highest BCUT2D eigenvalue weighted by atomic mass is 16.5. The number of nitrogens with zero attached hydrogens (tertiary/aromatic N) is 1. The van der Waals surface area contributed by atoms with E-state index >= 15 is 0 Å². The van der Waals surface area contributed by atoms with Crippen LogP contribution in [0.1, 0.15) is 28.8 Å². The minimum atomic E-state index is -0.902. The molecule has 112 valence electrons. The monoisotopic (exact) mass is 288 g/mol. The average molecular weight is 288 g/mol. The average Bonchev–Trinajstić information content (AvgIpc) is 2.77. The minimum absolute atomic E-state index is 0.0646. The van der Waals surface area contributed by atoms with Crippen LogP contribution in [0.25, 0.3) is 0 Å². The highest BCUT2D eigenvalue weighted by Gasteiger charge is 2.32. The van der Waals surface area contributed by atoms with Crippen LogP contribution < -0.4 is 10.8 Å². The molecule has 21 heavy (non-hydrogen) atoms. The predicted octanol–water partition coefficient (Wildman–Crippen LogP) is -0.0257. The topological polar surface area (TPSA) is 61.8 Å². The van der Waals surface area contributed by atoms with Crippen LogP contribution in [0.4, 0.5) is 0 Å². The van der Waals surface area contributed by atoms with E-state index in [-0.39, 0.29) is 11.9 Å². The highest BCUT2D eigenvalue weighted by Crippen LogP contribution is 2.28. The molecule has 1 amide bonds. The van der Waals surface area contributed by atoms with Crippen molar-refractivity contribution >= 4 is 18.5 Å². The number of amides is 1. The largest absolute Gasteiger partial charge is 0.491 e. The lowest BCUT2D eigenvalue weighted by Crippen LogP contribution is -2.47. The minimum Gasteiger partial charge on any atom is -0.423 e. The zero-order chi connectivity index (χ0) is 15.0. The second-order valence-corrected chi connectivity index (χ2v) is 6.35. The number of fused-ring (bicyclic) bond motifs is 1. The second-order valence-electron chi connectivity index (χ2n) is 6.35. The highest BCUT2D eigenvalue weighted by molar-refractivity contribution is 6.61. The molecule has 1 heterocycles. The molecule has 1 aliphatic heterocycles. The summed E-state index contributed by atoms with van der Waals surface area (Å²) < 4.78 is 5.14. The summed E-state index contributed by atoms with van der Waals surface area (Å²) in [5.74, 6) is 0.616. The lowest BCUT2D eigenvalue weighted by molar-refractivity contribution is 0.0875. The quantitative estimate of drug-likeness (QED) is 0.764. The lowest BCUT2D eigenvalue weighted by Gasteiger charge is -2.37. The fraction of sp³-hybridized carbons (Fsp3) is 0.533. The Bertz CT molecular complexity index is 544. The molecular formula is C15H21BN2O3. The molecule has 0 spiro atoms. The number of hydrogen-bond donors (Lipinski definition) is 2. The van der Waals surface area contributed by atoms with Gasteiger partial charge in [-0.25, -0.2) is 0 Å². The molecule has 1 fully saturated rings. The van der Waals surface area contributed by atoms with E-state index in [0.29, 0.717) is 23.6 Å². The molecule has 2 aliphatic rings. The van der Waals surface area contributed by atoms with Crippen LogP contribution in [0.3, 0.4) is 0 Å². The number of carbonyl (C=O) groups excluding carboxylic acids is 1. The van der Waals surface area contributed by atoms with Gasteiger partial charge in [0.05, 0.1) is 6.61 Å². The summed E-state index contributed by atoms with van der Waals surface area (Å²) in [7, 11) is 3.24. The molecule has 0 radical (unpaired) electrons. The lowest BCUT2D eigenvalue weighted by atomic mass is 9.78. The Hall–Kier alpha value is -1.37. The van der Waals surface area contributed by atoms with Gasteiger partial charge in [0, 0.05) is 18.2 Å². The third kappa shape index (κ3) is 3.12. The smallest absolute Gasteiger partial charge is 0.423 e. The van der Waals surface area contributed by atoms with Gasteiger partial charge in [-0.1, -0.05) is 6.07 Å². The molecule has 6 heteroatoms. The van der Waals surface area contributed by atoms with Crippen LogP contribution in [0.2, 0.25) is 0 Å². The van der Waals surface area contributed by atoms with E-state index in [4.69, 9.17) is 4.65 Å². The van der Waals surface area contributed by atoms with Crippen LogP contribution in [-0.2, 0) is 11.3 Å². The Kier molecular flexibility index (Phi) is 4.02. The van der Waals surface area contributed by atoms with Crippen molar-refractivity contribution in [1.82, 2.24) is 10.2 Å². The van der Waals surface area contributed by atoms with Crippen molar-refractivity contribution in [3.8, 4) is 0 Å². The second kappa shape index (κ2) is 5.79. The number of rotatable bonds is 4. The molecule has 2 N–H and O–H groups in total. The first-order chi connectivity index (χ1) is 10.0. The zero-order valence-corrected chi connectivity index (χ0v) is 12.5. The van der Waals surface area contributed by atoms with Crippen LogP contribution in [0.5, 0.6) is 0 Å². The number of carbonyl (C=O) groups is 1. The van der Waals surface area contributed by atoms with Gasteiger partial charge in [-0.3, -0.25) is 4.79 Å². The van der Waals surface area contributed by atoms with E-state index in [2.05, 4.69) is 24.3 Å². The van der Waals surface area contributed by atoms with E-state index in [1.807, 2.05) is 6.07 Å². The fourth-order valence-corrected chi connectivity index (χ4v) is 3.14. The summed E-state index contributed by atoms with van der Waals surface area (Å²) in [6.07, 6.45) is 2.08. The SMILES string of the molecule is CN(C)CC1CC(NC(=O)c2ccc3c(c2)B(O)OC3)C1. The molecule has 0 saturated heterocycles. The van der Waals surface area contributed by atoms with Gasteiger partial charge in [0.2, 0.25) is 0 Å². The maximum atomic E-state index is 12.2. The molecular weight excluding hydrogens is 267 g/mol. The van der Waals surface area contributed by atoms with Crippen molar-refractivity contribution in [1.29, 1.82) is 0 Å². The van der Waals surface area contributed by atoms with E-state index < -0.39 is 7.12 Å². The molecule has 1 saturated carbocycles. The Morgan fingerprint density at radius 1 is 1.48 bits per heavy atom. The van der Waals surface area contributed by atoms with Crippen LogP contribution in [-0.4, -0.2) is 49.6 Å². The van der Waals surface area contributed by atoms with Gasteiger partial charge in [-0.05, 0) is 56.0 Å². The van der Waals surface area contributed by atoms with Gasteiger partial charge >= 0.3 is 7.12 Å². The Morgan fingerprint density at radius 3 is 2.95 bits per heavy atom. The standard InChI is InChI=1S/C15H21BN2O3/c1-18(2)8-10-5-13(6-10)17-15(19)11-3-4-12-9-21-16(20)14(12)7-11/h3-4,7,10,13,20H,5-6,8-9H2,1-2H3,(H,17,19). The maximum Gasteiger partial charge on any atom is 0.491 e. The summed E-state index contributed by atoms with van der Waals surface area (Å²) in [5, 5.41) is 12.7. The van der Waals surface area contributed by atoms with Crippen LogP contribution in [0.15, 0.2) is 18.2 Å². The van der Waals surface area contributed by atoms with Gasteiger partial charge in [0.15, 0.2) is 0 Å². The summed E-state index contributed by atoms with van der Waals surface area (Å²) in [6.45, 7) is 1.49. The summed E-state index contributed by atoms with van der Waals surface area (Å²) in [4.78, 5) is 14.4. The van der Waals surface area contributed by atoms with Crippen molar-refractivity contribution in [2.75, 3.05) is 20.6 Å². The zero-order valence-electron chi connectivity index (χ0n) is 12.5. The number of nitrogens with one attached hydrogen (secondary N) is 1. The first-order valence-electron chi connectivity index (χ1n) is 7.41. The van der Waals surface area contributed by atoms with Crippen molar-refractivity contribution in [2.45, 2.75) is 25.5 Å². The van der Waals surface area contributed by atoms with Crippen LogP contribution >= 0.6 is 0 Å². The number of hydrogen-bond acceptors (Lipinski definition) is 4. The van der Waals surface area contributed by atoms with E-state index in [0.717, 1.165) is 24.9 Å². The molecule has 1 aromatic rings. The molecule has 0 aromatic heterocycles. The third-order valence-electron chi connectivity index (χ3n) is 4.27. The summed E-state index contributed by atoms with van der Waals surface area (Å²) in [6, 6.07) is 5.66. The Morgan fingerprint density at radius 2 is 2.24 bits per heavy atom. The van der Waals surface area contributed by atoms with Crippen molar-refractivity contribution < 1.29 is 14.5 Å². The molecule has 1 aromatic carbocycles. The van der Waals surface area contributed by atoms with Gasteiger partial charge in [-0.15, -0.1) is 0 Å². The van der Waals surface area contributed by atoms with Gasteiger partial charge in [-0.2, -0.15) is 0 Å². The first-order valence-corrected chi connectivity index (χ1v) is 7.41. The third-order valence-corrected chi connectivity index (χ3v) is 4.27. The Labute approximate surface area is 125 Å². The molecule has 0 unspecified atom stereocenters. The van der Waals surface area contributed by atoms with E-state index in [9.17, 15) is 9.82 Å². The molecule has 3 rings (SSSR count). The van der Waals surface area contributed by atoms with Crippen molar-refractivity contribution in [2.24, 2.45) is 5.92 Å². The molecule has 0 atom stereocenters. The van der Waals surface area contributed by atoms with Crippen LogP contribution in [0, 0.1) is 5.92 Å². The first kappa shape index (κ1) is 14.6. The van der Waals surface area contributed by atoms with E-state index in [1.165, 1.54) is 0 Å². The summed E-state index contributed by atoms with van der Waals surface area (Å²) in [5.41, 5.74) is 2.25. The number of benzene rings is 1. The van der Waals surface area contributed by atoms with Crippen molar-refractivity contribution in [3.63, 3.8) is 0 Å². The van der Waals surface area contributed by atoms with Gasteiger partial charge < -0.3 is 19.9 Å². The molecule has 5 nitrogen and oxygen atoms in total. The normalized spacial score (nSPS) is 23.9. The fourth-order valence-electron chi connectivity index (χ4n) is 3.14.